The van der Waals surface area contributed by atoms with Crippen molar-refractivity contribution in [1.29, 1.82) is 0 Å². The number of nitrogens with zero attached hydrogens (tertiary/aromatic N) is 1. The monoisotopic (exact) mass is 2540 g/mol. The lowest BCUT2D eigenvalue weighted by Crippen LogP contribution is -2.54. The molecule has 6 aliphatic heterocycles. The van der Waals surface area contributed by atoms with Gasteiger partial charge in [0.05, 0.1) is 50.3 Å². The molecule has 60 heteroatoms. The second-order valence-corrected chi connectivity index (χ2v) is 83.5. The number of halogens is 2. The van der Waals surface area contributed by atoms with E-state index in [0.717, 1.165) is 42.7 Å². The number of phosphoric ester groups is 2. The van der Waals surface area contributed by atoms with Crippen molar-refractivity contribution in [3.8, 4) is 0 Å². The largest absolute Gasteiger partial charge is 0.756 e. The molecule has 0 spiro atoms. The average molecular weight is 2550 g/mol. The zero-order chi connectivity index (χ0) is 93.8. The smallest absolute Gasteiger partial charge is 0.477 e. The fourth-order valence-corrected chi connectivity index (χ4v) is 79.9. The van der Waals surface area contributed by atoms with Gasteiger partial charge in [0.15, 0.2) is 24.8 Å². The first-order valence-corrected chi connectivity index (χ1v) is 84.8. The Morgan fingerprint density at radius 2 is 0.719 bits per heavy atom. The Morgan fingerprint density at radius 1 is 0.430 bits per heavy atom. The van der Waals surface area contributed by atoms with Crippen molar-refractivity contribution in [2.45, 2.75) is 273 Å². The lowest BCUT2D eigenvalue weighted by atomic mass is 9.78. The lowest BCUT2D eigenvalue weighted by Gasteiger charge is -2.44. The van der Waals surface area contributed by atoms with Crippen LogP contribution in [0.1, 0.15) is 191 Å². The number of hydrogen-bond donors (Lipinski definition) is 5. The minimum atomic E-state index is -4.73. The van der Waals surface area contributed by atoms with E-state index in [-0.39, 0.29) is 96.0 Å². The number of phosphoric acid groups is 2. The summed E-state index contributed by atoms with van der Waals surface area (Å²) in [5, 5.41) is 36.1. The fourth-order valence-electron chi connectivity index (χ4n) is 11.8. The minimum absolute atomic E-state index is 0. The molecule has 5 saturated heterocycles. The van der Waals surface area contributed by atoms with E-state index in [0.29, 0.717) is 59.6 Å². The van der Waals surface area contributed by atoms with Crippen molar-refractivity contribution in [2.24, 2.45) is 76.0 Å². The molecule has 5 N–H and O–H groups in total. The topological polar surface area (TPSA) is 280 Å². The summed E-state index contributed by atoms with van der Waals surface area (Å²) < 4.78 is 80.0. The highest BCUT2D eigenvalue weighted by molar-refractivity contribution is 8.77. The predicted octanol–water partition coefficient (Wildman–Crippen LogP) is 14.9. The molecule has 128 heavy (non-hydrogen) atoms. The molecule has 12 unspecified atom stereocenters. The number of carbonyl (C=O) groups is 1. The average Bonchev–Trinajstić information content (AvgIpc) is 1.50. The van der Waals surface area contributed by atoms with Crippen LogP contribution in [0.4, 0.5) is 0 Å². The molecule has 8 rings (SSSR count). The van der Waals surface area contributed by atoms with Gasteiger partial charge in [-0.25, -0.2) is 9.56 Å². The molecule has 26 atom stereocenters. The quantitative estimate of drug-likeness (QED) is 0.0629. The first-order chi connectivity index (χ1) is 58.9. The lowest BCUT2D eigenvalue weighted by molar-refractivity contribution is -0.269. The van der Waals surface area contributed by atoms with Gasteiger partial charge in [-0.05, 0) is 102 Å². The molecule has 0 bridgehead atoms. The first-order valence-electron chi connectivity index (χ1n) is 37.0. The SMILES string of the molecule is C.C.C.C.CC(=O)Cl.CC1C(O)OC(CO)[C@@H](O)[C@@H]1O.CCC1O[C@@H]2OC(C)=NC2[C@@H](C)[C@@H]1C.CCC1O[C@H](Cl)C(C)[C@@H](C)[C@@H]1C.CCC1O[C@H](OP(=O)(OCc2ccccc2)OCc2ccccc2)C(C)[C@@H](C)[C@@H]1C.CCC1O[C@H](OP(=O)([O-])O)C(C)[C@@H](C)[C@@H]1C.S=S=S=S=S=S=S=S=S=S=S.S=S=S=S=S=S=S=S=S=S=S=S.S=S=S=S=S=S=S=S=S=S=S=S=S. The molecular weight excluding hydrogens is 2420 g/mol. The van der Waals surface area contributed by atoms with Gasteiger partial charge in [0, 0.05) is 365 Å². The molecule has 2 aromatic rings. The van der Waals surface area contributed by atoms with E-state index < -0.39 is 65.4 Å². The van der Waals surface area contributed by atoms with Gasteiger partial charge in [-0.15, -0.1) is 0 Å². The fraction of sp³-hybridized carbons (Fsp3) is 0.794. The van der Waals surface area contributed by atoms with E-state index in [1.54, 1.807) is 220 Å². The Hall–Kier alpha value is 5.94. The third kappa shape index (κ3) is 63.4. The maximum absolute atomic E-state index is 13.6. The second kappa shape index (κ2) is 87.2. The van der Waals surface area contributed by atoms with Gasteiger partial charge in [-0.2, -0.15) is 0 Å². The van der Waals surface area contributed by atoms with Crippen LogP contribution in [-0.2, 0) is 407 Å². The number of rotatable bonds is 15. The van der Waals surface area contributed by atoms with E-state index in [4.69, 9.17) is 91.1 Å². The van der Waals surface area contributed by atoms with Crippen LogP contribution < -0.4 is 4.89 Å². The number of aliphatic imine (C=N–C) groups is 1. The van der Waals surface area contributed by atoms with Crippen LogP contribution >= 0.6 is 38.8 Å². The standard InChI is InChI=1S/C24H33O5P.C11H19NO2.C10H19ClO.C10H21O5P.C7H14O5.C2H3ClO.4CH4.S13.S12.S11/c1-5-23-19(3)18(2)20(4)24(28-23)29-30(25,26-16-21-12-8-6-9-13-21)27-17-22-14-10-7-11-15-22;1-5-9-6(2)7(3)10-11(14-9)13-8(4)12-10;1-5-9-7(3)6(2)8(4)10(11)12-9;1-5-9-7(3)6(2)8(4)10(14-9)15-16(11,12)13;1-3-5(9)6(10)4(2-8)12-7(3)11;1-2(3)4;;;;;1-3-5-7-9-11-13-12-10-8-6-4-2;1-3-5-7-9-11-12-10-8-6-4-2;1-3-5-7-9-11-10-8-6-4-2/h6-15,18-20,23-24H,5,16-17H2,1-4H3;6-7,9-11H,5H2,1-4H3;6-10H,5H2,1-4H3;6-10H,5H2,1-4H3,(H2,11,12,13);3-11H,2H2,1H3;1H3;4*1H4;;;/p-1/t18-,19-,20?,23?,24+;6-,7-,9?,10?,11-;6-,7-,8?,9?,10-;6-,7-,8?,9?,10+;3?,4?,5-,6-,7?;;;;;;;;/m00001......../s1. The van der Waals surface area contributed by atoms with Crippen molar-refractivity contribution < 1.29 is 90.7 Å². The first kappa shape index (κ1) is 142. The van der Waals surface area contributed by atoms with Crippen molar-refractivity contribution >= 4 is 384 Å². The van der Waals surface area contributed by atoms with Crippen LogP contribution in [0, 0.1) is 71.0 Å². The number of aliphatic hydroxyl groups excluding tert-OH is 4. The molecule has 756 valence electrons. The summed E-state index contributed by atoms with van der Waals surface area (Å²) in [6.07, 6.45) is -1.32. The van der Waals surface area contributed by atoms with Gasteiger partial charge < -0.3 is 58.6 Å². The highest BCUT2D eigenvalue weighted by Crippen LogP contribution is 2.55. The molecule has 20 nitrogen and oxygen atoms in total. The number of hydrogen-bond acceptors (Lipinski definition) is 25. The summed E-state index contributed by atoms with van der Waals surface area (Å²) in [5.74, 6) is 4.55. The van der Waals surface area contributed by atoms with Crippen LogP contribution in [0.15, 0.2) is 65.7 Å². The van der Waals surface area contributed by atoms with Crippen LogP contribution in [0.25, 0.3) is 0 Å². The predicted molar refractivity (Wildman–Crippen MR) is 630 cm³/mol. The Labute approximate surface area is 887 Å². The second-order valence-electron chi connectivity index (χ2n) is 26.7. The van der Waals surface area contributed by atoms with Crippen molar-refractivity contribution in [3.05, 3.63) is 71.8 Å². The van der Waals surface area contributed by atoms with E-state index >= 15 is 0 Å². The summed E-state index contributed by atoms with van der Waals surface area (Å²) in [6, 6.07) is 19.4. The number of carbonyl (C=O) groups excluding carboxylic acids is 1. The molecule has 6 aliphatic rings. The summed E-state index contributed by atoms with van der Waals surface area (Å²) >= 11 is 38.8. The van der Waals surface area contributed by atoms with Crippen molar-refractivity contribution in [1.82, 2.24) is 0 Å². The normalized spacial score (nSPS) is 28.4. The summed E-state index contributed by atoms with van der Waals surface area (Å²) in [4.78, 5) is 33.1. The Kier molecular flexibility index (Phi) is 97.0. The molecule has 0 amide bonds. The van der Waals surface area contributed by atoms with Crippen LogP contribution in [-0.4, -0.2) is 123 Å². The Bertz CT molecular complexity index is 4900. The highest BCUT2D eigenvalue weighted by atomic mass is 35.5. The maximum atomic E-state index is 13.6. The third-order valence-electron chi connectivity index (χ3n) is 19.6. The number of benzene rings is 2. The third-order valence-corrected chi connectivity index (χ3v) is 81.9. The van der Waals surface area contributed by atoms with Crippen LogP contribution in [0.3, 0.4) is 0 Å². The molecule has 5 fully saturated rings. The van der Waals surface area contributed by atoms with Gasteiger partial charge in [0.2, 0.25) is 11.5 Å². The van der Waals surface area contributed by atoms with E-state index in [2.05, 4.69) is 149 Å². The molecule has 0 radical (unpaired) electrons. The highest BCUT2D eigenvalue weighted by Gasteiger charge is 2.47. The van der Waals surface area contributed by atoms with Crippen LogP contribution in [0.2, 0.25) is 0 Å². The molecule has 0 aliphatic carbocycles. The van der Waals surface area contributed by atoms with E-state index in [9.17, 15) is 29.0 Å². The van der Waals surface area contributed by atoms with E-state index in [1.807, 2.05) is 88.4 Å². The maximum Gasteiger partial charge on any atom is 0.477 e. The molecule has 0 aromatic heterocycles. The molecule has 0 saturated carbocycles. The molecular formula is C68H124Cl2NO19P2S36-. The van der Waals surface area contributed by atoms with Gasteiger partial charge in [0.1, 0.15) is 23.8 Å². The minimum Gasteiger partial charge on any atom is -0.756 e. The van der Waals surface area contributed by atoms with Gasteiger partial charge >= 0.3 is 7.82 Å². The van der Waals surface area contributed by atoms with Crippen molar-refractivity contribution in [2.75, 3.05) is 6.61 Å². The Balaban J connectivity index is -0.000000458. The summed E-state index contributed by atoms with van der Waals surface area (Å²) in [7, 11) is 40.3. The molecule has 2 aromatic carbocycles. The summed E-state index contributed by atoms with van der Waals surface area (Å²) in [6.45, 7) is 36.7. The summed E-state index contributed by atoms with van der Waals surface area (Å²) in [5.41, 5.74) is 1.72. The zero-order valence-corrected chi connectivity index (χ0v) is 103. The van der Waals surface area contributed by atoms with E-state index in [1.165, 1.54) is 60.2 Å². The number of ether oxygens (including phenoxy) is 6. The zero-order valence-electron chi connectivity index (χ0n) is 69.9. The number of fused-ring (bicyclic) bond motifs is 1. The Morgan fingerprint density at radius 3 is 1.02 bits per heavy atom. The van der Waals surface area contributed by atoms with Gasteiger partial charge in [-0.1, -0.05) is 213 Å². The van der Waals surface area contributed by atoms with Crippen molar-refractivity contribution in [3.63, 3.8) is 0 Å². The van der Waals surface area contributed by atoms with Gasteiger partial charge in [-0.3, -0.25) is 27.5 Å². The molecule has 6 heterocycles. The number of alkyl halides is 1. The number of aliphatic hydroxyl groups is 4. The van der Waals surface area contributed by atoms with Crippen LogP contribution in [0.5, 0.6) is 0 Å². The van der Waals surface area contributed by atoms with Gasteiger partial charge in [0.25, 0.3) is 7.82 Å².